The average molecular weight is 397 g/mol. The Kier molecular flexibility index (Phi) is 6.52. The zero-order valence-electron chi connectivity index (χ0n) is 15.7. The molecule has 0 fully saturated rings. The Morgan fingerprint density at radius 2 is 1.93 bits per heavy atom. The number of nitrogens with zero attached hydrogens (tertiary/aromatic N) is 4. The van der Waals surface area contributed by atoms with E-state index in [9.17, 15) is 4.79 Å². The molecule has 1 aromatic carbocycles. The molecular formula is C20H21ClN6O. The minimum absolute atomic E-state index is 0.169. The summed E-state index contributed by atoms with van der Waals surface area (Å²) in [5.74, 6) is 0.401. The van der Waals surface area contributed by atoms with Gasteiger partial charge in [0.25, 0.3) is 5.91 Å². The lowest BCUT2D eigenvalue weighted by Crippen LogP contribution is -2.31. The van der Waals surface area contributed by atoms with E-state index in [1.165, 1.54) is 6.20 Å². The van der Waals surface area contributed by atoms with Crippen molar-refractivity contribution in [2.45, 2.75) is 0 Å². The van der Waals surface area contributed by atoms with E-state index in [2.05, 4.69) is 25.6 Å². The number of nitrogens with one attached hydrogen (secondary N) is 2. The molecular weight excluding hydrogens is 376 g/mol. The molecule has 0 spiro atoms. The lowest BCUT2D eigenvalue weighted by molar-refractivity contribution is 0.0950. The van der Waals surface area contributed by atoms with Gasteiger partial charge in [-0.25, -0.2) is 4.98 Å². The Hall–Kier alpha value is -3.03. The van der Waals surface area contributed by atoms with Gasteiger partial charge < -0.3 is 15.5 Å². The van der Waals surface area contributed by atoms with Crippen molar-refractivity contribution >= 4 is 29.0 Å². The third-order valence-electron chi connectivity index (χ3n) is 3.87. The van der Waals surface area contributed by atoms with Crippen LogP contribution in [0.3, 0.4) is 0 Å². The minimum atomic E-state index is -0.169. The van der Waals surface area contributed by atoms with Crippen LogP contribution in [0.5, 0.6) is 0 Å². The van der Waals surface area contributed by atoms with Crippen molar-refractivity contribution in [1.82, 2.24) is 25.2 Å². The van der Waals surface area contributed by atoms with E-state index in [0.29, 0.717) is 34.2 Å². The quantitative estimate of drug-likeness (QED) is 0.638. The van der Waals surface area contributed by atoms with Crippen molar-refractivity contribution in [3.63, 3.8) is 0 Å². The summed E-state index contributed by atoms with van der Waals surface area (Å²) in [6.45, 7) is 1.33. The molecule has 28 heavy (non-hydrogen) atoms. The summed E-state index contributed by atoms with van der Waals surface area (Å²) in [6.07, 6.45) is 6.45. The molecule has 0 unspecified atom stereocenters. The molecule has 7 nitrogen and oxygen atoms in total. The molecule has 8 heteroatoms. The second-order valence-electron chi connectivity index (χ2n) is 6.45. The van der Waals surface area contributed by atoms with Gasteiger partial charge in [0.1, 0.15) is 5.82 Å². The molecule has 0 aliphatic carbocycles. The maximum absolute atomic E-state index is 12.3. The van der Waals surface area contributed by atoms with E-state index in [-0.39, 0.29) is 5.91 Å². The maximum Gasteiger partial charge on any atom is 0.252 e. The molecule has 0 bridgehead atoms. The summed E-state index contributed by atoms with van der Waals surface area (Å²) < 4.78 is 0. The van der Waals surface area contributed by atoms with Gasteiger partial charge in [0.05, 0.1) is 23.7 Å². The highest BCUT2D eigenvalue weighted by atomic mass is 35.5. The Bertz CT molecular complexity index is 963. The van der Waals surface area contributed by atoms with Gasteiger partial charge >= 0.3 is 0 Å². The second-order valence-corrected chi connectivity index (χ2v) is 6.88. The number of halogens is 1. The second kappa shape index (κ2) is 9.25. The predicted molar refractivity (Wildman–Crippen MR) is 111 cm³/mol. The number of benzene rings is 1. The summed E-state index contributed by atoms with van der Waals surface area (Å²) >= 11 is 6.01. The molecule has 3 aromatic rings. The fourth-order valence-electron chi connectivity index (χ4n) is 2.48. The summed E-state index contributed by atoms with van der Waals surface area (Å²) in [5.41, 5.74) is 2.61. The van der Waals surface area contributed by atoms with Crippen molar-refractivity contribution in [2.75, 3.05) is 32.5 Å². The standard InChI is InChI=1S/C20H21ClN6O/c1-27(2)7-6-24-20(28)15-8-14(10-22-11-15)18-12-23-13-19(26-18)25-17-5-3-4-16(21)9-17/h3-5,8-13H,6-7H2,1-2H3,(H,24,28)(H,25,26). The number of likely N-dealkylation sites (N-methyl/N-ethyl adjacent to an activating group) is 1. The van der Waals surface area contributed by atoms with Crippen molar-refractivity contribution in [3.05, 3.63) is 65.7 Å². The summed E-state index contributed by atoms with van der Waals surface area (Å²) in [7, 11) is 3.91. The van der Waals surface area contributed by atoms with Crippen LogP contribution >= 0.6 is 11.6 Å². The van der Waals surface area contributed by atoms with Crippen molar-refractivity contribution in [2.24, 2.45) is 0 Å². The Balaban J connectivity index is 1.75. The number of aromatic nitrogens is 3. The number of anilines is 2. The van der Waals surface area contributed by atoms with Crippen LogP contribution in [-0.4, -0.2) is 52.9 Å². The van der Waals surface area contributed by atoms with Gasteiger partial charge in [0.15, 0.2) is 0 Å². The van der Waals surface area contributed by atoms with Crippen molar-refractivity contribution in [3.8, 4) is 11.3 Å². The summed E-state index contributed by atoms with van der Waals surface area (Å²) in [4.78, 5) is 27.3. The van der Waals surface area contributed by atoms with Gasteiger partial charge in [0.2, 0.25) is 0 Å². The van der Waals surface area contributed by atoms with Gasteiger partial charge in [-0.05, 0) is 38.4 Å². The fourth-order valence-corrected chi connectivity index (χ4v) is 2.67. The fraction of sp³-hybridized carbons (Fsp3) is 0.200. The Labute approximate surface area is 168 Å². The van der Waals surface area contributed by atoms with Crippen LogP contribution in [0.2, 0.25) is 5.02 Å². The zero-order chi connectivity index (χ0) is 19.9. The van der Waals surface area contributed by atoms with Crippen LogP contribution in [0.4, 0.5) is 11.5 Å². The Morgan fingerprint density at radius 3 is 2.71 bits per heavy atom. The topological polar surface area (TPSA) is 83.0 Å². The number of carbonyl (C=O) groups excluding carboxylic acids is 1. The summed E-state index contributed by atoms with van der Waals surface area (Å²) in [5, 5.41) is 6.68. The van der Waals surface area contributed by atoms with Gasteiger partial charge in [-0.1, -0.05) is 17.7 Å². The van der Waals surface area contributed by atoms with E-state index in [1.807, 2.05) is 31.1 Å². The lowest BCUT2D eigenvalue weighted by Gasteiger charge is -2.11. The SMILES string of the molecule is CN(C)CCNC(=O)c1cncc(-c2cncc(Nc3cccc(Cl)c3)n2)c1. The molecule has 3 rings (SSSR count). The van der Waals surface area contributed by atoms with E-state index in [4.69, 9.17) is 11.6 Å². The monoisotopic (exact) mass is 396 g/mol. The highest BCUT2D eigenvalue weighted by Crippen LogP contribution is 2.21. The number of pyridine rings is 1. The molecule has 2 N–H and O–H groups in total. The van der Waals surface area contributed by atoms with Crippen molar-refractivity contribution in [1.29, 1.82) is 0 Å². The maximum atomic E-state index is 12.3. The molecule has 0 aliphatic rings. The molecule has 0 saturated heterocycles. The van der Waals surface area contributed by atoms with E-state index >= 15 is 0 Å². The van der Waals surface area contributed by atoms with Crippen LogP contribution in [0, 0.1) is 0 Å². The number of amides is 1. The van der Waals surface area contributed by atoms with Crippen LogP contribution in [-0.2, 0) is 0 Å². The van der Waals surface area contributed by atoms with Gasteiger partial charge in [-0.15, -0.1) is 0 Å². The third-order valence-corrected chi connectivity index (χ3v) is 4.11. The van der Waals surface area contributed by atoms with Gasteiger partial charge in [-0.3, -0.25) is 14.8 Å². The molecule has 0 aliphatic heterocycles. The van der Waals surface area contributed by atoms with Crippen LogP contribution in [0.15, 0.2) is 55.1 Å². The first-order chi connectivity index (χ1) is 13.5. The molecule has 2 aromatic heterocycles. The molecule has 0 saturated carbocycles. The molecule has 0 radical (unpaired) electrons. The summed E-state index contributed by atoms with van der Waals surface area (Å²) in [6, 6.07) is 9.10. The highest BCUT2D eigenvalue weighted by Gasteiger charge is 2.09. The molecule has 2 heterocycles. The third kappa shape index (κ3) is 5.48. The Morgan fingerprint density at radius 1 is 1.11 bits per heavy atom. The van der Waals surface area contributed by atoms with Crippen molar-refractivity contribution < 1.29 is 4.79 Å². The largest absolute Gasteiger partial charge is 0.351 e. The zero-order valence-corrected chi connectivity index (χ0v) is 16.4. The first-order valence-electron chi connectivity index (χ1n) is 8.74. The number of carbonyl (C=O) groups is 1. The van der Waals surface area contributed by atoms with Crippen LogP contribution < -0.4 is 10.6 Å². The first kappa shape index (κ1) is 19.7. The number of rotatable bonds is 7. The van der Waals surface area contributed by atoms with Gasteiger partial charge in [0, 0.05) is 41.8 Å². The lowest BCUT2D eigenvalue weighted by atomic mass is 10.1. The van der Waals surface area contributed by atoms with Gasteiger partial charge in [-0.2, -0.15) is 0 Å². The number of hydrogen-bond acceptors (Lipinski definition) is 6. The predicted octanol–water partition coefficient (Wildman–Crippen LogP) is 3.23. The minimum Gasteiger partial charge on any atom is -0.351 e. The highest BCUT2D eigenvalue weighted by molar-refractivity contribution is 6.30. The van der Waals surface area contributed by atoms with E-state index < -0.39 is 0 Å². The molecule has 0 atom stereocenters. The van der Waals surface area contributed by atoms with Crippen LogP contribution in [0.1, 0.15) is 10.4 Å². The van der Waals surface area contributed by atoms with E-state index in [1.54, 1.807) is 36.8 Å². The normalized spacial score (nSPS) is 10.7. The smallest absolute Gasteiger partial charge is 0.252 e. The van der Waals surface area contributed by atoms with Crippen LogP contribution in [0.25, 0.3) is 11.3 Å². The molecule has 1 amide bonds. The molecule has 144 valence electrons. The first-order valence-corrected chi connectivity index (χ1v) is 9.12. The van der Waals surface area contributed by atoms with E-state index in [0.717, 1.165) is 12.2 Å². The average Bonchev–Trinajstić information content (AvgIpc) is 2.68. The number of hydrogen-bond donors (Lipinski definition) is 2.